The first kappa shape index (κ1) is 23.5. The van der Waals surface area contributed by atoms with Crippen LogP contribution in [-0.2, 0) is 11.3 Å². The molecule has 7 heteroatoms. The predicted molar refractivity (Wildman–Crippen MR) is 128 cm³/mol. The van der Waals surface area contributed by atoms with Crippen molar-refractivity contribution in [3.8, 4) is 5.75 Å². The van der Waals surface area contributed by atoms with E-state index in [1.165, 1.54) is 25.7 Å². The van der Waals surface area contributed by atoms with Gasteiger partial charge in [0.2, 0.25) is 5.91 Å². The lowest BCUT2D eigenvalue weighted by atomic mass is 9.95. The van der Waals surface area contributed by atoms with Crippen molar-refractivity contribution in [1.29, 1.82) is 0 Å². The second kappa shape index (κ2) is 11.4. The van der Waals surface area contributed by atoms with Gasteiger partial charge in [-0.25, -0.2) is 4.99 Å². The number of likely N-dealkylation sites (N-methyl/N-ethyl adjacent to an activating group) is 1. The van der Waals surface area contributed by atoms with E-state index in [0.717, 1.165) is 23.1 Å². The molecule has 0 saturated heterocycles. The third-order valence-corrected chi connectivity index (χ3v) is 5.70. The molecule has 2 aliphatic rings. The van der Waals surface area contributed by atoms with Crippen molar-refractivity contribution in [1.82, 2.24) is 15.5 Å². The van der Waals surface area contributed by atoms with E-state index >= 15 is 0 Å². The van der Waals surface area contributed by atoms with Gasteiger partial charge in [0.15, 0.2) is 5.96 Å². The number of benzene rings is 1. The van der Waals surface area contributed by atoms with Crippen LogP contribution in [-0.4, -0.2) is 50.1 Å². The number of hydrogen-bond acceptors (Lipinski definition) is 3. The highest BCUT2D eigenvalue weighted by atomic mass is 127. The Labute approximate surface area is 191 Å². The number of carbonyl (C=O) groups excluding carboxylic acids is 1. The zero-order valence-corrected chi connectivity index (χ0v) is 19.7. The van der Waals surface area contributed by atoms with Crippen molar-refractivity contribution in [2.75, 3.05) is 27.2 Å². The Morgan fingerprint density at radius 1 is 1.31 bits per heavy atom. The number of nitrogens with zero attached hydrogens (tertiary/aromatic N) is 2. The van der Waals surface area contributed by atoms with Crippen molar-refractivity contribution < 1.29 is 9.53 Å². The Morgan fingerprint density at radius 2 is 2.10 bits per heavy atom. The molecule has 3 unspecified atom stereocenters. The molecule has 3 atom stereocenters. The summed E-state index contributed by atoms with van der Waals surface area (Å²) in [5, 5.41) is 6.80. The Balaban J connectivity index is 0.00000300. The van der Waals surface area contributed by atoms with Gasteiger partial charge >= 0.3 is 0 Å². The summed E-state index contributed by atoms with van der Waals surface area (Å²) in [6.45, 7) is 4.88. The van der Waals surface area contributed by atoms with Gasteiger partial charge in [-0.15, -0.1) is 24.0 Å². The third kappa shape index (κ3) is 6.62. The maximum absolute atomic E-state index is 12.0. The van der Waals surface area contributed by atoms with Crippen molar-refractivity contribution in [2.24, 2.45) is 16.8 Å². The number of guanidine groups is 1. The highest BCUT2D eigenvalue weighted by molar-refractivity contribution is 14.0. The fraction of sp³-hybridized carbons (Fsp3) is 0.545. The summed E-state index contributed by atoms with van der Waals surface area (Å²) in [6.07, 6.45) is 6.91. The second-order valence-corrected chi connectivity index (χ2v) is 7.94. The maximum Gasteiger partial charge on any atom is 0.241 e. The van der Waals surface area contributed by atoms with Crippen molar-refractivity contribution in [3.05, 3.63) is 42.5 Å². The van der Waals surface area contributed by atoms with Gasteiger partial charge < -0.3 is 20.3 Å². The molecule has 160 valence electrons. The summed E-state index contributed by atoms with van der Waals surface area (Å²) in [6, 6.07) is 8.35. The summed E-state index contributed by atoms with van der Waals surface area (Å²) in [4.78, 5) is 18.4. The molecule has 6 nitrogen and oxygen atoms in total. The van der Waals surface area contributed by atoms with Crippen LogP contribution in [0.25, 0.3) is 0 Å². The van der Waals surface area contributed by atoms with Gasteiger partial charge in [-0.1, -0.05) is 37.3 Å². The average Bonchev–Trinajstić information content (AvgIpc) is 3.31. The maximum atomic E-state index is 12.0. The molecular weight excluding hydrogens is 479 g/mol. The van der Waals surface area contributed by atoms with Crippen molar-refractivity contribution >= 4 is 35.8 Å². The lowest BCUT2D eigenvalue weighted by molar-refractivity contribution is -0.127. The molecule has 1 aromatic rings. The minimum atomic E-state index is 0. The Bertz CT molecular complexity index is 723. The molecule has 2 bridgehead atoms. The number of nitrogens with one attached hydrogen (secondary N) is 2. The number of carbonyl (C=O) groups is 1. The lowest BCUT2D eigenvalue weighted by Crippen LogP contribution is -2.48. The number of rotatable bonds is 8. The Hall–Kier alpha value is -1.77. The van der Waals surface area contributed by atoms with Crippen LogP contribution in [0.1, 0.15) is 31.2 Å². The van der Waals surface area contributed by atoms with E-state index in [0.29, 0.717) is 25.2 Å². The van der Waals surface area contributed by atoms with E-state index in [-0.39, 0.29) is 36.4 Å². The first-order chi connectivity index (χ1) is 13.6. The Morgan fingerprint density at radius 3 is 2.76 bits per heavy atom. The molecule has 1 aromatic carbocycles. The summed E-state index contributed by atoms with van der Waals surface area (Å²) >= 11 is 0. The SMILES string of the molecule is C=CCOc1ccccc1CN=C(NCC(=O)N(C)C)NC1CC2CCC1C2.I. The van der Waals surface area contributed by atoms with Gasteiger partial charge in [-0.05, 0) is 37.2 Å². The minimum absolute atomic E-state index is 0. The molecule has 0 radical (unpaired) electrons. The molecule has 3 rings (SSSR count). The molecule has 2 fully saturated rings. The molecule has 2 N–H and O–H groups in total. The molecule has 2 saturated carbocycles. The molecule has 2 aliphatic carbocycles. The number of para-hydroxylation sites is 1. The smallest absolute Gasteiger partial charge is 0.241 e. The van der Waals surface area contributed by atoms with E-state index in [4.69, 9.17) is 9.73 Å². The molecule has 1 amide bonds. The van der Waals surface area contributed by atoms with Crippen LogP contribution in [0.5, 0.6) is 5.75 Å². The van der Waals surface area contributed by atoms with Gasteiger partial charge in [-0.3, -0.25) is 4.79 Å². The van der Waals surface area contributed by atoms with E-state index < -0.39 is 0 Å². The summed E-state index contributed by atoms with van der Waals surface area (Å²) < 4.78 is 5.73. The number of halogens is 1. The molecule has 29 heavy (non-hydrogen) atoms. The monoisotopic (exact) mass is 512 g/mol. The molecule has 0 aromatic heterocycles. The van der Waals surface area contributed by atoms with Crippen LogP contribution < -0.4 is 15.4 Å². The second-order valence-electron chi connectivity index (χ2n) is 7.94. The minimum Gasteiger partial charge on any atom is -0.489 e. The highest BCUT2D eigenvalue weighted by Crippen LogP contribution is 2.44. The zero-order chi connectivity index (χ0) is 19.9. The first-order valence-electron chi connectivity index (χ1n) is 10.1. The van der Waals surface area contributed by atoms with Gasteiger partial charge in [0.05, 0.1) is 13.1 Å². The van der Waals surface area contributed by atoms with E-state index in [2.05, 4.69) is 17.2 Å². The number of amides is 1. The van der Waals surface area contributed by atoms with Gasteiger partial charge in [0.1, 0.15) is 12.4 Å². The standard InChI is InChI=1S/C22H32N4O2.HI/c1-4-11-28-20-8-6-5-7-18(20)14-23-22(24-15-21(27)26(2)3)25-19-13-16-9-10-17(19)12-16;/h4-8,16-17,19H,1,9-15H2,2-3H3,(H2,23,24,25);1H. The van der Waals surface area contributed by atoms with E-state index in [1.54, 1.807) is 25.1 Å². The van der Waals surface area contributed by atoms with Crippen LogP contribution in [0.2, 0.25) is 0 Å². The number of fused-ring (bicyclic) bond motifs is 2. The quantitative estimate of drug-likeness (QED) is 0.243. The molecule has 0 spiro atoms. The zero-order valence-electron chi connectivity index (χ0n) is 17.4. The summed E-state index contributed by atoms with van der Waals surface area (Å²) in [5.74, 6) is 3.11. The fourth-order valence-corrected chi connectivity index (χ4v) is 4.16. The predicted octanol–water partition coefficient (Wildman–Crippen LogP) is 3.18. The summed E-state index contributed by atoms with van der Waals surface area (Å²) in [5.41, 5.74) is 1.01. The van der Waals surface area contributed by atoms with Gasteiger partial charge in [0.25, 0.3) is 0 Å². The molecule has 0 heterocycles. The third-order valence-electron chi connectivity index (χ3n) is 5.70. The Kier molecular flexibility index (Phi) is 9.26. The van der Waals surface area contributed by atoms with Crippen LogP contribution in [0.15, 0.2) is 41.9 Å². The van der Waals surface area contributed by atoms with E-state index in [9.17, 15) is 4.79 Å². The summed E-state index contributed by atoms with van der Waals surface area (Å²) in [7, 11) is 3.52. The van der Waals surface area contributed by atoms with Crippen molar-refractivity contribution in [2.45, 2.75) is 38.3 Å². The normalized spacial score (nSPS) is 22.6. The largest absolute Gasteiger partial charge is 0.489 e. The van der Waals surface area contributed by atoms with Crippen LogP contribution in [0.3, 0.4) is 0 Å². The van der Waals surface area contributed by atoms with Crippen LogP contribution >= 0.6 is 24.0 Å². The number of ether oxygens (including phenoxy) is 1. The van der Waals surface area contributed by atoms with Crippen LogP contribution in [0, 0.1) is 11.8 Å². The van der Waals surface area contributed by atoms with Crippen molar-refractivity contribution in [3.63, 3.8) is 0 Å². The van der Waals surface area contributed by atoms with Gasteiger partial charge in [-0.2, -0.15) is 0 Å². The van der Waals surface area contributed by atoms with Gasteiger partial charge in [0, 0.05) is 25.7 Å². The number of aliphatic imine (C=N–C) groups is 1. The average molecular weight is 512 g/mol. The van der Waals surface area contributed by atoms with Crippen LogP contribution in [0.4, 0.5) is 0 Å². The highest BCUT2D eigenvalue weighted by Gasteiger charge is 2.39. The molecular formula is C22H33IN4O2. The fourth-order valence-electron chi connectivity index (χ4n) is 4.16. The first-order valence-corrected chi connectivity index (χ1v) is 10.1. The number of hydrogen-bond donors (Lipinski definition) is 2. The lowest BCUT2D eigenvalue weighted by Gasteiger charge is -2.25. The molecule has 0 aliphatic heterocycles. The topological polar surface area (TPSA) is 66.0 Å². The van der Waals surface area contributed by atoms with E-state index in [1.807, 2.05) is 24.3 Å².